The number of hydrogen-bond donors (Lipinski definition) is 0. The van der Waals surface area contributed by atoms with Crippen LogP contribution in [0, 0.1) is 0 Å². The van der Waals surface area contributed by atoms with Gasteiger partial charge in [0.25, 0.3) is 0 Å². The molecule has 4 rings (SSSR count). The average molecular weight is 259 g/mol. The van der Waals surface area contributed by atoms with Crippen LogP contribution in [-0.2, 0) is 19.9 Å². The van der Waals surface area contributed by atoms with Gasteiger partial charge in [-0.05, 0) is 35.6 Å². The Morgan fingerprint density at radius 3 is 2.60 bits per heavy atom. The fourth-order valence-corrected chi connectivity index (χ4v) is 3.50. The highest BCUT2D eigenvalue weighted by molar-refractivity contribution is 5.99. The number of rotatable bonds is 0. The van der Waals surface area contributed by atoms with Crippen molar-refractivity contribution in [2.24, 2.45) is 7.05 Å². The molecule has 1 heteroatoms. The summed E-state index contributed by atoms with van der Waals surface area (Å²) < 4.78 is 2.34. The highest BCUT2D eigenvalue weighted by Gasteiger charge is 2.22. The van der Waals surface area contributed by atoms with Gasteiger partial charge in [-0.2, -0.15) is 0 Å². The Kier molecular flexibility index (Phi) is 2.37. The van der Waals surface area contributed by atoms with Gasteiger partial charge in [0.2, 0.25) is 0 Å². The lowest BCUT2D eigenvalue weighted by molar-refractivity contribution is 0.822. The second-order valence-electron chi connectivity index (χ2n) is 5.53. The van der Waals surface area contributed by atoms with Crippen molar-refractivity contribution >= 4 is 16.5 Å². The van der Waals surface area contributed by atoms with E-state index in [1.54, 1.807) is 0 Å². The molecule has 0 saturated heterocycles. The molecule has 1 aromatic heterocycles. The molecule has 0 saturated carbocycles. The molecule has 1 aliphatic carbocycles. The molecule has 0 unspecified atom stereocenters. The molecule has 98 valence electrons. The molecular weight excluding hydrogens is 242 g/mol. The van der Waals surface area contributed by atoms with Crippen LogP contribution in [0.4, 0.5) is 0 Å². The van der Waals surface area contributed by atoms with E-state index in [2.05, 4.69) is 66.7 Å². The second-order valence-corrected chi connectivity index (χ2v) is 5.53. The van der Waals surface area contributed by atoms with E-state index in [1.807, 2.05) is 0 Å². The van der Waals surface area contributed by atoms with Gasteiger partial charge in [0.1, 0.15) is 0 Å². The number of aromatic nitrogens is 1. The van der Waals surface area contributed by atoms with Crippen molar-refractivity contribution in [1.29, 1.82) is 0 Å². The average Bonchev–Trinajstić information content (AvgIpc) is 2.68. The first-order valence-electron chi connectivity index (χ1n) is 7.11. The van der Waals surface area contributed by atoms with Gasteiger partial charge >= 0.3 is 0 Å². The summed E-state index contributed by atoms with van der Waals surface area (Å²) in [7, 11) is 2.17. The summed E-state index contributed by atoms with van der Waals surface area (Å²) in [5.74, 6) is 0. The van der Waals surface area contributed by atoms with Gasteiger partial charge in [0.05, 0.1) is 0 Å². The topological polar surface area (TPSA) is 4.93 Å². The first kappa shape index (κ1) is 11.5. The predicted molar refractivity (Wildman–Crippen MR) is 84.9 cm³/mol. The molecule has 20 heavy (non-hydrogen) atoms. The minimum Gasteiger partial charge on any atom is -0.347 e. The molecule has 0 spiro atoms. The van der Waals surface area contributed by atoms with Gasteiger partial charge < -0.3 is 4.57 Å². The van der Waals surface area contributed by atoms with E-state index >= 15 is 0 Å². The highest BCUT2D eigenvalue weighted by atomic mass is 14.9. The number of nitrogens with zero attached hydrogens (tertiary/aromatic N) is 1. The molecule has 0 radical (unpaired) electrons. The zero-order valence-electron chi connectivity index (χ0n) is 11.7. The van der Waals surface area contributed by atoms with Gasteiger partial charge in [0, 0.05) is 29.2 Å². The van der Waals surface area contributed by atoms with Gasteiger partial charge in [-0.15, -0.1) is 0 Å². The Bertz CT molecular complexity index is 836. The largest absolute Gasteiger partial charge is 0.347 e. The first-order valence-corrected chi connectivity index (χ1v) is 7.11. The summed E-state index contributed by atoms with van der Waals surface area (Å²) in [4.78, 5) is 0. The van der Waals surface area contributed by atoms with Crippen molar-refractivity contribution in [3.8, 4) is 0 Å². The van der Waals surface area contributed by atoms with E-state index in [-0.39, 0.29) is 0 Å². The molecule has 0 atom stereocenters. The Morgan fingerprint density at radius 2 is 1.70 bits per heavy atom. The number of hydrogen-bond acceptors (Lipinski definition) is 0. The van der Waals surface area contributed by atoms with E-state index in [1.165, 1.54) is 38.9 Å². The predicted octanol–water partition coefficient (Wildman–Crippen LogP) is 4.34. The maximum absolute atomic E-state index is 4.41. The zero-order valence-corrected chi connectivity index (χ0v) is 11.7. The summed E-state index contributed by atoms with van der Waals surface area (Å²) in [5.41, 5.74) is 7.95. The quantitative estimate of drug-likeness (QED) is 0.566. The summed E-state index contributed by atoms with van der Waals surface area (Å²) in [6, 6.07) is 17.3. The molecule has 0 amide bonds. The third kappa shape index (κ3) is 1.44. The van der Waals surface area contributed by atoms with Crippen molar-refractivity contribution < 1.29 is 0 Å². The smallest absolute Gasteiger partial charge is 0.0486 e. The summed E-state index contributed by atoms with van der Waals surface area (Å²) in [5, 5.41) is 1.33. The van der Waals surface area contributed by atoms with Crippen LogP contribution in [0.15, 0.2) is 55.1 Å². The Morgan fingerprint density at radius 1 is 0.950 bits per heavy atom. The van der Waals surface area contributed by atoms with Crippen LogP contribution >= 0.6 is 0 Å². The lowest BCUT2D eigenvalue weighted by Crippen LogP contribution is -1.98. The molecule has 0 fully saturated rings. The number of para-hydroxylation sites is 1. The molecule has 1 nitrogen and oxygen atoms in total. The molecule has 1 heterocycles. The van der Waals surface area contributed by atoms with Crippen LogP contribution in [0.2, 0.25) is 0 Å². The van der Waals surface area contributed by atoms with Crippen molar-refractivity contribution in [1.82, 2.24) is 4.57 Å². The van der Waals surface area contributed by atoms with Gasteiger partial charge in [-0.3, -0.25) is 0 Å². The molecule has 0 bridgehead atoms. The molecule has 1 aliphatic rings. The van der Waals surface area contributed by atoms with Gasteiger partial charge in [-0.25, -0.2) is 0 Å². The lowest BCUT2D eigenvalue weighted by Gasteiger charge is -2.08. The lowest BCUT2D eigenvalue weighted by atomic mass is 9.96. The van der Waals surface area contributed by atoms with Crippen LogP contribution in [0.3, 0.4) is 0 Å². The maximum Gasteiger partial charge on any atom is 0.0486 e. The van der Waals surface area contributed by atoms with Crippen LogP contribution in [0.5, 0.6) is 0 Å². The van der Waals surface area contributed by atoms with Crippen molar-refractivity contribution in [2.45, 2.75) is 12.8 Å². The van der Waals surface area contributed by atoms with E-state index in [9.17, 15) is 0 Å². The summed E-state index contributed by atoms with van der Waals surface area (Å²) in [6.07, 6.45) is 2.17. The van der Waals surface area contributed by atoms with E-state index in [4.69, 9.17) is 0 Å². The fraction of sp³-hybridized carbons (Fsp3) is 0.158. The molecular formula is C19H17N. The van der Waals surface area contributed by atoms with Crippen LogP contribution < -0.4 is 0 Å². The summed E-state index contributed by atoms with van der Waals surface area (Å²) in [6.45, 7) is 4.41. The molecule has 0 N–H and O–H groups in total. The summed E-state index contributed by atoms with van der Waals surface area (Å²) >= 11 is 0. The number of benzene rings is 2. The zero-order chi connectivity index (χ0) is 13.7. The Labute approximate surface area is 119 Å². The van der Waals surface area contributed by atoms with Crippen LogP contribution in [0.25, 0.3) is 16.5 Å². The normalized spacial score (nSPS) is 13.9. The molecule has 0 aliphatic heterocycles. The first-order chi connectivity index (χ1) is 9.77. The Hall–Kier alpha value is -2.28. The fourth-order valence-electron chi connectivity index (χ4n) is 3.50. The second kappa shape index (κ2) is 4.11. The number of fused-ring (bicyclic) bond motifs is 4. The monoisotopic (exact) mass is 259 g/mol. The SMILES string of the molecule is C=C1c2ccccc2CCc2c1c1ccccc1n2C. The minimum absolute atomic E-state index is 1.08. The van der Waals surface area contributed by atoms with Crippen LogP contribution in [-0.4, -0.2) is 4.57 Å². The van der Waals surface area contributed by atoms with Gasteiger partial charge in [0.15, 0.2) is 0 Å². The minimum atomic E-state index is 1.08. The third-order valence-corrected chi connectivity index (χ3v) is 4.50. The number of aryl methyl sites for hydroxylation is 2. The molecule has 2 aromatic carbocycles. The van der Waals surface area contributed by atoms with Crippen molar-refractivity contribution in [3.63, 3.8) is 0 Å². The van der Waals surface area contributed by atoms with Crippen molar-refractivity contribution in [2.75, 3.05) is 0 Å². The maximum atomic E-state index is 4.41. The van der Waals surface area contributed by atoms with Crippen LogP contribution in [0.1, 0.15) is 22.4 Å². The van der Waals surface area contributed by atoms with E-state index in [0.29, 0.717) is 0 Å². The third-order valence-electron chi connectivity index (χ3n) is 4.50. The van der Waals surface area contributed by atoms with Crippen molar-refractivity contribution in [3.05, 3.63) is 77.5 Å². The molecule has 3 aromatic rings. The van der Waals surface area contributed by atoms with Gasteiger partial charge in [-0.1, -0.05) is 49.0 Å². The Balaban J connectivity index is 2.08. The highest BCUT2D eigenvalue weighted by Crippen LogP contribution is 2.38. The van der Waals surface area contributed by atoms with E-state index in [0.717, 1.165) is 12.8 Å². The van der Waals surface area contributed by atoms with E-state index < -0.39 is 0 Å². The standard InChI is InChI=1S/C19H17N/c1-13-15-8-4-3-7-14(15)11-12-18-19(13)16-9-5-6-10-17(16)20(18)2/h3-10H,1,11-12H2,2H3.